The van der Waals surface area contributed by atoms with Crippen molar-refractivity contribution in [2.45, 2.75) is 33.1 Å². The Labute approximate surface area is 171 Å². The van der Waals surface area contributed by atoms with Crippen molar-refractivity contribution in [2.24, 2.45) is 5.92 Å². The molecule has 1 atom stereocenters. The summed E-state index contributed by atoms with van der Waals surface area (Å²) in [7, 11) is 3.13. The molecule has 0 saturated carbocycles. The Kier molecular flexibility index (Phi) is 6.42. The van der Waals surface area contributed by atoms with Crippen LogP contribution in [0.2, 0.25) is 0 Å². The largest absolute Gasteiger partial charge is 0.497 e. The molecule has 1 N–H and O–H groups in total. The normalized spacial score (nSPS) is 16.1. The molecule has 2 aromatic carbocycles. The van der Waals surface area contributed by atoms with Gasteiger partial charge in [-0.25, -0.2) is 0 Å². The lowest BCUT2D eigenvalue weighted by Crippen LogP contribution is -2.29. The molecule has 0 aromatic heterocycles. The number of methoxy groups -OCH3 is 2. The molecule has 154 valence electrons. The van der Waals surface area contributed by atoms with Gasteiger partial charge in [0.25, 0.3) is 0 Å². The second kappa shape index (κ2) is 8.99. The van der Waals surface area contributed by atoms with Crippen molar-refractivity contribution in [3.8, 4) is 11.5 Å². The molecule has 1 aliphatic rings. The van der Waals surface area contributed by atoms with Crippen LogP contribution in [-0.2, 0) is 22.4 Å². The van der Waals surface area contributed by atoms with Crippen LogP contribution in [0.4, 0.5) is 11.4 Å². The molecule has 0 radical (unpaired) electrons. The lowest BCUT2D eigenvalue weighted by molar-refractivity contribution is -0.122. The Balaban J connectivity index is 1.82. The van der Waals surface area contributed by atoms with Crippen molar-refractivity contribution < 1.29 is 19.1 Å². The summed E-state index contributed by atoms with van der Waals surface area (Å²) >= 11 is 0. The van der Waals surface area contributed by atoms with E-state index in [0.29, 0.717) is 23.7 Å². The van der Waals surface area contributed by atoms with Gasteiger partial charge in [-0.05, 0) is 36.1 Å². The fourth-order valence-corrected chi connectivity index (χ4v) is 3.75. The van der Waals surface area contributed by atoms with Crippen LogP contribution in [0.15, 0.2) is 36.4 Å². The van der Waals surface area contributed by atoms with Gasteiger partial charge in [-0.2, -0.15) is 0 Å². The Hall–Kier alpha value is -3.02. The third-order valence-corrected chi connectivity index (χ3v) is 5.42. The number of amides is 2. The molecular formula is C23H28N2O4. The van der Waals surface area contributed by atoms with Crippen LogP contribution in [-0.4, -0.2) is 32.6 Å². The first-order valence-electron chi connectivity index (χ1n) is 9.96. The van der Waals surface area contributed by atoms with Crippen molar-refractivity contribution in [2.75, 3.05) is 31.0 Å². The number of carbonyl (C=O) groups is 2. The van der Waals surface area contributed by atoms with Gasteiger partial charge in [-0.15, -0.1) is 0 Å². The van der Waals surface area contributed by atoms with Crippen molar-refractivity contribution in [1.29, 1.82) is 0 Å². The predicted octanol–water partition coefficient (Wildman–Crippen LogP) is 3.82. The van der Waals surface area contributed by atoms with Gasteiger partial charge < -0.3 is 19.7 Å². The van der Waals surface area contributed by atoms with Crippen molar-refractivity contribution in [3.05, 3.63) is 47.5 Å². The number of anilines is 2. The van der Waals surface area contributed by atoms with Gasteiger partial charge >= 0.3 is 0 Å². The number of nitrogens with one attached hydrogen (secondary N) is 1. The molecule has 1 heterocycles. The average molecular weight is 396 g/mol. The molecule has 0 unspecified atom stereocenters. The Morgan fingerprint density at radius 3 is 2.38 bits per heavy atom. The van der Waals surface area contributed by atoms with Gasteiger partial charge in [0.2, 0.25) is 11.8 Å². The quantitative estimate of drug-likeness (QED) is 0.773. The van der Waals surface area contributed by atoms with Gasteiger partial charge in [0.15, 0.2) is 0 Å². The maximum Gasteiger partial charge on any atom is 0.229 e. The van der Waals surface area contributed by atoms with E-state index in [9.17, 15) is 9.59 Å². The third kappa shape index (κ3) is 4.21. The molecule has 0 spiro atoms. The third-order valence-electron chi connectivity index (χ3n) is 5.42. The second-order valence-electron chi connectivity index (χ2n) is 7.09. The summed E-state index contributed by atoms with van der Waals surface area (Å²) in [5, 5.41) is 3.09. The summed E-state index contributed by atoms with van der Waals surface area (Å²) in [6, 6.07) is 11.4. The van der Waals surface area contributed by atoms with E-state index in [1.54, 1.807) is 37.3 Å². The zero-order valence-corrected chi connectivity index (χ0v) is 17.5. The highest BCUT2D eigenvalue weighted by Gasteiger charge is 2.36. The molecule has 6 nitrogen and oxygen atoms in total. The van der Waals surface area contributed by atoms with Crippen LogP contribution < -0.4 is 19.7 Å². The Bertz CT molecular complexity index is 887. The van der Waals surface area contributed by atoms with Gasteiger partial charge in [-0.1, -0.05) is 32.0 Å². The molecule has 6 heteroatoms. The molecular weight excluding hydrogens is 368 g/mol. The van der Waals surface area contributed by atoms with E-state index in [2.05, 4.69) is 19.2 Å². The maximum atomic E-state index is 13.0. The maximum absolute atomic E-state index is 13.0. The standard InChI is InChI=1S/C23H28N2O4/c1-5-15-8-7-9-16(6-2)22(15)24-23(27)17-12-21(26)25(14-17)19-13-18(28-3)10-11-20(19)29-4/h7-11,13,17H,5-6,12,14H2,1-4H3,(H,24,27)/t17-/m1/s1. The summed E-state index contributed by atoms with van der Waals surface area (Å²) in [5.41, 5.74) is 3.71. The van der Waals surface area contributed by atoms with E-state index in [4.69, 9.17) is 9.47 Å². The molecule has 2 amide bonds. The fraction of sp³-hybridized carbons (Fsp3) is 0.391. The zero-order chi connectivity index (χ0) is 21.0. The Morgan fingerprint density at radius 2 is 1.79 bits per heavy atom. The van der Waals surface area contributed by atoms with E-state index in [1.807, 2.05) is 18.2 Å². The van der Waals surface area contributed by atoms with E-state index in [0.717, 1.165) is 29.7 Å². The van der Waals surface area contributed by atoms with Crippen LogP contribution in [0.3, 0.4) is 0 Å². The van der Waals surface area contributed by atoms with Gasteiger partial charge in [0, 0.05) is 24.7 Å². The molecule has 1 fully saturated rings. The highest BCUT2D eigenvalue weighted by Crippen LogP contribution is 2.36. The molecule has 3 rings (SSSR count). The predicted molar refractivity (Wildman–Crippen MR) is 114 cm³/mol. The number of para-hydroxylation sites is 1. The number of carbonyl (C=O) groups excluding carboxylic acids is 2. The summed E-state index contributed by atoms with van der Waals surface area (Å²) in [6.07, 6.45) is 1.84. The number of nitrogens with zero attached hydrogens (tertiary/aromatic N) is 1. The van der Waals surface area contributed by atoms with Crippen molar-refractivity contribution in [3.63, 3.8) is 0 Å². The fourth-order valence-electron chi connectivity index (χ4n) is 3.75. The summed E-state index contributed by atoms with van der Waals surface area (Å²) < 4.78 is 10.7. The number of aryl methyl sites for hydroxylation is 2. The summed E-state index contributed by atoms with van der Waals surface area (Å²) in [6.45, 7) is 4.45. The molecule has 0 aliphatic carbocycles. The Morgan fingerprint density at radius 1 is 1.10 bits per heavy atom. The van der Waals surface area contributed by atoms with E-state index < -0.39 is 5.92 Å². The first-order valence-corrected chi connectivity index (χ1v) is 9.96. The number of hydrogen-bond donors (Lipinski definition) is 1. The van der Waals surface area contributed by atoms with Crippen molar-refractivity contribution >= 4 is 23.2 Å². The number of benzene rings is 2. The smallest absolute Gasteiger partial charge is 0.229 e. The van der Waals surface area contributed by atoms with Gasteiger partial charge in [0.1, 0.15) is 11.5 Å². The monoisotopic (exact) mass is 396 g/mol. The first kappa shape index (κ1) is 20.7. The van der Waals surface area contributed by atoms with Gasteiger partial charge in [-0.3, -0.25) is 9.59 Å². The molecule has 29 heavy (non-hydrogen) atoms. The molecule has 1 aliphatic heterocycles. The summed E-state index contributed by atoms with van der Waals surface area (Å²) in [4.78, 5) is 27.3. The van der Waals surface area contributed by atoms with E-state index >= 15 is 0 Å². The highest BCUT2D eigenvalue weighted by atomic mass is 16.5. The average Bonchev–Trinajstić information content (AvgIpc) is 3.14. The van der Waals surface area contributed by atoms with Crippen molar-refractivity contribution in [1.82, 2.24) is 0 Å². The lowest BCUT2D eigenvalue weighted by Gasteiger charge is -2.21. The minimum Gasteiger partial charge on any atom is -0.497 e. The van der Waals surface area contributed by atoms with Crippen LogP contribution in [0.1, 0.15) is 31.4 Å². The SMILES string of the molecule is CCc1cccc(CC)c1NC(=O)[C@@H]1CC(=O)N(c2cc(OC)ccc2OC)C1. The highest BCUT2D eigenvalue weighted by molar-refractivity contribution is 6.04. The minimum absolute atomic E-state index is 0.101. The summed E-state index contributed by atoms with van der Waals surface area (Å²) in [5.74, 6) is 0.554. The number of hydrogen-bond acceptors (Lipinski definition) is 4. The van der Waals surface area contributed by atoms with E-state index in [1.165, 1.54) is 0 Å². The molecule has 1 saturated heterocycles. The molecule has 2 aromatic rings. The van der Waals surface area contributed by atoms with E-state index in [-0.39, 0.29) is 18.2 Å². The lowest BCUT2D eigenvalue weighted by atomic mass is 10.0. The number of ether oxygens (including phenoxy) is 2. The molecule has 0 bridgehead atoms. The van der Waals surface area contributed by atoms with Gasteiger partial charge in [0.05, 0.1) is 25.8 Å². The first-order chi connectivity index (χ1) is 14.0. The second-order valence-corrected chi connectivity index (χ2v) is 7.09. The van der Waals surface area contributed by atoms with Crippen LogP contribution in [0.25, 0.3) is 0 Å². The minimum atomic E-state index is -0.423. The number of rotatable bonds is 7. The van der Waals surface area contributed by atoms with Crippen LogP contribution >= 0.6 is 0 Å². The van der Waals surface area contributed by atoms with Crippen LogP contribution in [0.5, 0.6) is 11.5 Å². The zero-order valence-electron chi connectivity index (χ0n) is 17.5. The van der Waals surface area contributed by atoms with Crippen LogP contribution in [0, 0.1) is 5.92 Å². The topological polar surface area (TPSA) is 67.9 Å².